The molecule has 2 heteroatoms. The minimum Gasteiger partial charge on any atom is -1.00 e. The first-order valence-electron chi connectivity index (χ1n) is 4.56. The predicted octanol–water partition coefficient (Wildman–Crippen LogP) is 0.584. The number of halogens is 1. The fraction of sp³-hybridized carbons (Fsp3) is 0.900. The number of hydrogen-bond acceptors (Lipinski definition) is 0. The van der Waals surface area contributed by atoms with Crippen molar-refractivity contribution in [3.8, 4) is 0 Å². The van der Waals surface area contributed by atoms with E-state index in [1.165, 1.54) is 38.5 Å². The molecule has 0 nitrogen and oxygen atoms in total. The summed E-state index contributed by atoms with van der Waals surface area (Å²) in [4.78, 5) is 0. The molecule has 0 radical (unpaired) electrons. The van der Waals surface area contributed by atoms with Gasteiger partial charge in [-0.15, -0.1) is 0 Å². The summed E-state index contributed by atoms with van der Waals surface area (Å²) >= 11 is 0. The van der Waals surface area contributed by atoms with Gasteiger partial charge in [-0.3, -0.25) is 0 Å². The van der Waals surface area contributed by atoms with E-state index in [0.717, 1.165) is 0 Å². The van der Waals surface area contributed by atoms with Crippen molar-refractivity contribution in [1.29, 1.82) is 0 Å². The first-order chi connectivity index (χ1) is 4.77. The SMILES string of the molecule is CCCCCCC[C-](C)C.[Br-].[Mg+2]. The zero-order chi connectivity index (χ0) is 7.82. The van der Waals surface area contributed by atoms with E-state index in [1.807, 2.05) is 0 Å². The molecule has 0 bridgehead atoms. The van der Waals surface area contributed by atoms with Gasteiger partial charge in [0.05, 0.1) is 0 Å². The molecule has 0 spiro atoms. The molecule has 0 amide bonds. The minimum absolute atomic E-state index is 0. The van der Waals surface area contributed by atoms with Gasteiger partial charge in [0.25, 0.3) is 0 Å². The normalized spacial score (nSPS) is 9.00. The number of unbranched alkanes of at least 4 members (excludes halogenated alkanes) is 4. The van der Waals surface area contributed by atoms with Crippen LogP contribution in [-0.4, -0.2) is 23.1 Å². The van der Waals surface area contributed by atoms with E-state index in [1.54, 1.807) is 5.92 Å². The molecule has 0 aliphatic rings. The van der Waals surface area contributed by atoms with Crippen LogP contribution in [0.4, 0.5) is 0 Å². The van der Waals surface area contributed by atoms with Crippen LogP contribution in [-0.2, 0) is 0 Å². The molecule has 0 N–H and O–H groups in total. The zero-order valence-corrected chi connectivity index (χ0v) is 11.8. The third-order valence-corrected chi connectivity index (χ3v) is 1.78. The molecule has 0 fully saturated rings. The predicted molar refractivity (Wildman–Crippen MR) is 53.7 cm³/mol. The van der Waals surface area contributed by atoms with Crippen molar-refractivity contribution in [1.82, 2.24) is 0 Å². The fourth-order valence-electron chi connectivity index (χ4n) is 1.08. The van der Waals surface area contributed by atoms with Gasteiger partial charge in [-0.25, -0.2) is 0 Å². The Balaban J connectivity index is -0.000000405. The third-order valence-electron chi connectivity index (χ3n) is 1.78. The summed E-state index contributed by atoms with van der Waals surface area (Å²) in [6, 6.07) is 0. The second-order valence-corrected chi connectivity index (χ2v) is 3.37. The second-order valence-electron chi connectivity index (χ2n) is 3.37. The van der Waals surface area contributed by atoms with Crippen molar-refractivity contribution in [2.75, 3.05) is 0 Å². The first kappa shape index (κ1) is 18.9. The van der Waals surface area contributed by atoms with Crippen LogP contribution in [0.5, 0.6) is 0 Å². The first-order valence-corrected chi connectivity index (χ1v) is 4.56. The minimum atomic E-state index is 0. The van der Waals surface area contributed by atoms with Gasteiger partial charge in [-0.1, -0.05) is 39.0 Å². The van der Waals surface area contributed by atoms with Gasteiger partial charge < -0.3 is 22.9 Å². The zero-order valence-electron chi connectivity index (χ0n) is 8.83. The van der Waals surface area contributed by atoms with Crippen LogP contribution in [0.3, 0.4) is 0 Å². The van der Waals surface area contributed by atoms with Crippen LogP contribution in [0, 0.1) is 5.92 Å². The Morgan fingerprint density at radius 1 is 0.917 bits per heavy atom. The Hall–Kier alpha value is 1.25. The molecule has 0 rings (SSSR count). The number of hydrogen-bond donors (Lipinski definition) is 0. The van der Waals surface area contributed by atoms with Gasteiger partial charge in [0, 0.05) is 0 Å². The third kappa shape index (κ3) is 17.4. The van der Waals surface area contributed by atoms with Crippen molar-refractivity contribution in [2.24, 2.45) is 0 Å². The van der Waals surface area contributed by atoms with E-state index in [4.69, 9.17) is 0 Å². The Labute approximate surface area is 105 Å². The Bertz CT molecular complexity index is 64.9. The van der Waals surface area contributed by atoms with Gasteiger partial charge in [0.2, 0.25) is 0 Å². The topological polar surface area (TPSA) is 0 Å². The van der Waals surface area contributed by atoms with Crippen LogP contribution >= 0.6 is 0 Å². The monoisotopic (exact) mass is 244 g/mol. The average molecular weight is 245 g/mol. The van der Waals surface area contributed by atoms with E-state index in [9.17, 15) is 0 Å². The maximum atomic E-state index is 2.26. The molecule has 0 saturated carbocycles. The van der Waals surface area contributed by atoms with Crippen LogP contribution in [0.25, 0.3) is 0 Å². The van der Waals surface area contributed by atoms with E-state index in [-0.39, 0.29) is 40.0 Å². The van der Waals surface area contributed by atoms with Gasteiger partial charge in [0.1, 0.15) is 0 Å². The molecule has 0 heterocycles. The second kappa shape index (κ2) is 14.8. The summed E-state index contributed by atoms with van der Waals surface area (Å²) in [5, 5.41) is 0. The molecular formula is C10H21BrMg. The summed E-state index contributed by atoms with van der Waals surface area (Å²) in [6.07, 6.45) is 8.38. The number of rotatable bonds is 6. The van der Waals surface area contributed by atoms with Crippen molar-refractivity contribution in [3.63, 3.8) is 0 Å². The molecule has 0 aliphatic carbocycles. The Morgan fingerprint density at radius 2 is 1.42 bits per heavy atom. The summed E-state index contributed by atoms with van der Waals surface area (Å²) < 4.78 is 0. The van der Waals surface area contributed by atoms with Crippen LogP contribution in [0.15, 0.2) is 0 Å². The van der Waals surface area contributed by atoms with E-state index in [2.05, 4.69) is 20.8 Å². The summed E-state index contributed by atoms with van der Waals surface area (Å²) in [6.45, 7) is 6.71. The summed E-state index contributed by atoms with van der Waals surface area (Å²) in [5.74, 6) is 1.58. The molecule has 0 saturated heterocycles. The smallest absolute Gasteiger partial charge is 1.00 e. The van der Waals surface area contributed by atoms with Crippen molar-refractivity contribution >= 4 is 23.1 Å². The Morgan fingerprint density at radius 3 is 1.83 bits per heavy atom. The molecule has 12 heavy (non-hydrogen) atoms. The van der Waals surface area contributed by atoms with Gasteiger partial charge in [-0.2, -0.15) is 20.3 Å². The standard InChI is InChI=1S/C10H21.BrH.Mg/c1-4-5-6-7-8-9-10(2)3;;/h4-9H2,1-3H3;1H;/q-1;;+2/p-1. The molecule has 0 aromatic rings. The van der Waals surface area contributed by atoms with Gasteiger partial charge in [-0.05, 0) is 0 Å². The van der Waals surface area contributed by atoms with Crippen molar-refractivity contribution in [2.45, 2.75) is 59.3 Å². The molecular weight excluding hydrogens is 224 g/mol. The largest absolute Gasteiger partial charge is 2.00 e. The summed E-state index contributed by atoms with van der Waals surface area (Å²) in [7, 11) is 0. The maximum Gasteiger partial charge on any atom is 2.00 e. The van der Waals surface area contributed by atoms with E-state index < -0.39 is 0 Å². The van der Waals surface area contributed by atoms with E-state index in [0.29, 0.717) is 0 Å². The van der Waals surface area contributed by atoms with Crippen molar-refractivity contribution in [3.05, 3.63) is 5.92 Å². The molecule has 0 atom stereocenters. The van der Waals surface area contributed by atoms with Gasteiger partial charge >= 0.3 is 23.1 Å². The molecule has 0 aliphatic heterocycles. The van der Waals surface area contributed by atoms with Crippen molar-refractivity contribution < 1.29 is 17.0 Å². The van der Waals surface area contributed by atoms with Crippen LogP contribution in [0.2, 0.25) is 0 Å². The molecule has 70 valence electrons. The summed E-state index contributed by atoms with van der Waals surface area (Å²) in [5.41, 5.74) is 0. The van der Waals surface area contributed by atoms with Crippen LogP contribution < -0.4 is 17.0 Å². The molecule has 0 aromatic carbocycles. The average Bonchev–Trinajstić information content (AvgIpc) is 1.87. The van der Waals surface area contributed by atoms with Crippen LogP contribution in [0.1, 0.15) is 59.3 Å². The molecule has 0 aromatic heterocycles. The Kier molecular flexibility index (Phi) is 23.3. The fourth-order valence-corrected chi connectivity index (χ4v) is 1.08. The van der Waals surface area contributed by atoms with E-state index >= 15 is 0 Å². The van der Waals surface area contributed by atoms with Gasteiger partial charge in [0.15, 0.2) is 0 Å². The maximum absolute atomic E-state index is 2.26. The quantitative estimate of drug-likeness (QED) is 0.365. The molecule has 0 unspecified atom stereocenters.